The molecule has 27 heavy (non-hydrogen) atoms. The number of pyridine rings is 1. The minimum absolute atomic E-state index is 0.0352. The van der Waals surface area contributed by atoms with Crippen LogP contribution in [0.3, 0.4) is 0 Å². The van der Waals surface area contributed by atoms with Crippen LogP contribution in [0.25, 0.3) is 0 Å². The molecule has 2 aromatic rings. The van der Waals surface area contributed by atoms with Crippen molar-refractivity contribution in [3.63, 3.8) is 0 Å². The van der Waals surface area contributed by atoms with Crippen LogP contribution < -0.4 is 11.1 Å². The van der Waals surface area contributed by atoms with E-state index in [1.165, 1.54) is 0 Å². The first-order valence-corrected chi connectivity index (χ1v) is 9.67. The van der Waals surface area contributed by atoms with E-state index in [2.05, 4.69) is 30.7 Å². The zero-order valence-electron chi connectivity index (χ0n) is 16.8. The third-order valence-electron chi connectivity index (χ3n) is 5.38. The van der Waals surface area contributed by atoms with E-state index in [4.69, 9.17) is 0 Å². The summed E-state index contributed by atoms with van der Waals surface area (Å²) in [5, 5.41) is 0. The second-order valence-corrected chi connectivity index (χ2v) is 8.72. The molecule has 6 heteroatoms. The predicted octanol–water partition coefficient (Wildman–Crippen LogP) is 2.15. The van der Waals surface area contributed by atoms with E-state index in [9.17, 15) is 9.59 Å². The summed E-state index contributed by atoms with van der Waals surface area (Å²) in [4.78, 5) is 31.0. The van der Waals surface area contributed by atoms with E-state index in [1.807, 2.05) is 12.3 Å². The van der Waals surface area contributed by atoms with Gasteiger partial charge in [-0.3, -0.25) is 19.1 Å². The minimum Gasteiger partial charge on any atom is -0.319 e. The maximum Gasteiger partial charge on any atom is 0.253 e. The maximum absolute atomic E-state index is 12.4. The van der Waals surface area contributed by atoms with Crippen LogP contribution in [-0.4, -0.2) is 32.1 Å². The van der Waals surface area contributed by atoms with Crippen molar-refractivity contribution in [3.8, 4) is 0 Å². The summed E-state index contributed by atoms with van der Waals surface area (Å²) in [6.07, 6.45) is 5.64. The molecule has 0 N–H and O–H groups in total. The fourth-order valence-corrected chi connectivity index (χ4v) is 3.52. The van der Waals surface area contributed by atoms with Crippen molar-refractivity contribution in [2.45, 2.75) is 52.1 Å². The number of piperidine rings is 1. The third kappa shape index (κ3) is 4.95. The van der Waals surface area contributed by atoms with Crippen molar-refractivity contribution in [2.75, 3.05) is 13.1 Å². The van der Waals surface area contributed by atoms with Crippen LogP contribution in [0, 0.1) is 5.92 Å². The van der Waals surface area contributed by atoms with E-state index in [0.29, 0.717) is 5.92 Å². The molecular weight excluding hydrogens is 340 g/mol. The van der Waals surface area contributed by atoms with Gasteiger partial charge >= 0.3 is 0 Å². The molecule has 3 rings (SSSR count). The molecule has 1 fully saturated rings. The number of rotatable bonds is 4. The standard InChI is InChI=1S/C21H30N4O2/c1-21(2,3)18-12-20(27)25(15-22-18)14-16-6-9-24(10-7-16)13-17-5-8-23(4)19(26)11-17/h5,8,11-12,15-16H,6-7,9-10,13-14H2,1-4H3. The van der Waals surface area contributed by atoms with Crippen molar-refractivity contribution in [2.24, 2.45) is 13.0 Å². The number of hydrogen-bond acceptors (Lipinski definition) is 4. The highest BCUT2D eigenvalue weighted by Crippen LogP contribution is 2.21. The highest BCUT2D eigenvalue weighted by atomic mass is 16.1. The van der Waals surface area contributed by atoms with Gasteiger partial charge in [0.05, 0.1) is 12.0 Å². The number of hydrogen-bond donors (Lipinski definition) is 0. The molecule has 0 unspecified atom stereocenters. The lowest BCUT2D eigenvalue weighted by atomic mass is 9.92. The van der Waals surface area contributed by atoms with Crippen molar-refractivity contribution < 1.29 is 0 Å². The zero-order valence-corrected chi connectivity index (χ0v) is 16.8. The third-order valence-corrected chi connectivity index (χ3v) is 5.38. The SMILES string of the molecule is Cn1ccc(CN2CCC(Cn3cnc(C(C)(C)C)cc3=O)CC2)cc1=O. The van der Waals surface area contributed by atoms with Crippen LogP contribution in [0.15, 0.2) is 40.3 Å². The first-order chi connectivity index (χ1) is 12.7. The summed E-state index contributed by atoms with van der Waals surface area (Å²) in [6, 6.07) is 5.40. The molecule has 0 aliphatic carbocycles. The molecule has 0 amide bonds. The molecule has 146 valence electrons. The Hall–Kier alpha value is -2.21. The van der Waals surface area contributed by atoms with Crippen LogP contribution in [0.2, 0.25) is 0 Å². The highest BCUT2D eigenvalue weighted by molar-refractivity contribution is 5.11. The van der Waals surface area contributed by atoms with Gasteiger partial charge in [-0.15, -0.1) is 0 Å². The first-order valence-electron chi connectivity index (χ1n) is 9.67. The van der Waals surface area contributed by atoms with Gasteiger partial charge in [-0.1, -0.05) is 20.8 Å². The largest absolute Gasteiger partial charge is 0.319 e. The molecule has 0 bridgehead atoms. The van der Waals surface area contributed by atoms with Crippen molar-refractivity contribution in [3.05, 3.63) is 62.7 Å². The van der Waals surface area contributed by atoms with Gasteiger partial charge in [0.1, 0.15) is 0 Å². The van der Waals surface area contributed by atoms with Gasteiger partial charge in [0.15, 0.2) is 0 Å². The monoisotopic (exact) mass is 370 g/mol. The summed E-state index contributed by atoms with van der Waals surface area (Å²) in [7, 11) is 1.77. The number of nitrogens with zero attached hydrogens (tertiary/aromatic N) is 4. The topological polar surface area (TPSA) is 60.1 Å². The van der Waals surface area contributed by atoms with Gasteiger partial charge in [-0.2, -0.15) is 0 Å². The van der Waals surface area contributed by atoms with Crippen molar-refractivity contribution in [1.82, 2.24) is 19.0 Å². The van der Waals surface area contributed by atoms with Crippen LogP contribution in [0.4, 0.5) is 0 Å². The Morgan fingerprint density at radius 2 is 1.81 bits per heavy atom. The van der Waals surface area contributed by atoms with Crippen molar-refractivity contribution >= 4 is 0 Å². The second-order valence-electron chi connectivity index (χ2n) is 8.72. The van der Waals surface area contributed by atoms with Gasteiger partial charge in [-0.05, 0) is 43.5 Å². The lowest BCUT2D eigenvalue weighted by Gasteiger charge is -2.32. The summed E-state index contributed by atoms with van der Waals surface area (Å²) < 4.78 is 3.34. The summed E-state index contributed by atoms with van der Waals surface area (Å²) in [5.74, 6) is 0.491. The molecule has 0 radical (unpaired) electrons. The number of aryl methyl sites for hydroxylation is 1. The number of aromatic nitrogens is 3. The molecule has 6 nitrogen and oxygen atoms in total. The normalized spacial score (nSPS) is 16.6. The number of likely N-dealkylation sites (tertiary alicyclic amines) is 1. The van der Waals surface area contributed by atoms with E-state index < -0.39 is 0 Å². The Kier molecular flexibility index (Phi) is 5.65. The van der Waals surface area contributed by atoms with E-state index in [1.54, 1.807) is 34.6 Å². The lowest BCUT2D eigenvalue weighted by Crippen LogP contribution is -2.36. The fraction of sp³-hybridized carbons (Fsp3) is 0.571. The summed E-state index contributed by atoms with van der Waals surface area (Å²) in [6.45, 7) is 9.72. The lowest BCUT2D eigenvalue weighted by molar-refractivity contribution is 0.166. The molecule has 0 aromatic carbocycles. The van der Waals surface area contributed by atoms with Crippen LogP contribution in [0.5, 0.6) is 0 Å². The van der Waals surface area contributed by atoms with E-state index >= 15 is 0 Å². The Labute approximate surface area is 160 Å². The highest BCUT2D eigenvalue weighted by Gasteiger charge is 2.21. The minimum atomic E-state index is -0.109. The van der Waals surface area contributed by atoms with Crippen LogP contribution >= 0.6 is 0 Å². The quantitative estimate of drug-likeness (QED) is 0.827. The Balaban J connectivity index is 1.56. The average molecular weight is 370 g/mol. The Bertz CT molecular complexity index is 899. The van der Waals surface area contributed by atoms with Crippen molar-refractivity contribution in [1.29, 1.82) is 0 Å². The predicted molar refractivity (Wildman–Crippen MR) is 107 cm³/mol. The molecule has 0 atom stereocenters. The van der Waals surface area contributed by atoms with Gasteiger partial charge < -0.3 is 4.57 Å². The molecule has 0 spiro atoms. The van der Waals surface area contributed by atoms with Gasteiger partial charge in [0.2, 0.25) is 0 Å². The van der Waals surface area contributed by atoms with Crippen LogP contribution in [-0.2, 0) is 25.6 Å². The zero-order chi connectivity index (χ0) is 19.6. The first kappa shape index (κ1) is 19.5. The summed E-state index contributed by atoms with van der Waals surface area (Å²) >= 11 is 0. The Morgan fingerprint density at radius 3 is 2.41 bits per heavy atom. The molecule has 1 aliphatic rings. The van der Waals surface area contributed by atoms with E-state index in [-0.39, 0.29) is 16.5 Å². The second kappa shape index (κ2) is 7.80. The van der Waals surface area contributed by atoms with Gasteiger partial charge in [-0.25, -0.2) is 4.98 Å². The molecule has 3 heterocycles. The Morgan fingerprint density at radius 1 is 1.11 bits per heavy atom. The summed E-state index contributed by atoms with van der Waals surface area (Å²) in [5.41, 5.74) is 1.87. The van der Waals surface area contributed by atoms with Crippen LogP contribution in [0.1, 0.15) is 44.9 Å². The van der Waals surface area contributed by atoms with Gasteiger partial charge in [0.25, 0.3) is 11.1 Å². The molecule has 0 saturated carbocycles. The van der Waals surface area contributed by atoms with E-state index in [0.717, 1.165) is 50.3 Å². The van der Waals surface area contributed by atoms with Gasteiger partial charge in [0, 0.05) is 43.9 Å². The maximum atomic E-state index is 12.4. The molecule has 1 aliphatic heterocycles. The smallest absolute Gasteiger partial charge is 0.253 e. The average Bonchev–Trinajstić information content (AvgIpc) is 2.61. The molecule has 2 aromatic heterocycles. The molecule has 1 saturated heterocycles. The molecular formula is C21H30N4O2. The fourth-order valence-electron chi connectivity index (χ4n) is 3.52.